The Labute approximate surface area is 292 Å². The lowest BCUT2D eigenvalue weighted by molar-refractivity contribution is -0.132. The van der Waals surface area contributed by atoms with Crippen LogP contribution >= 0.6 is 0 Å². The van der Waals surface area contributed by atoms with E-state index in [4.69, 9.17) is 0 Å². The molecule has 0 spiro atoms. The number of fused-ring (bicyclic) bond motifs is 19. The summed E-state index contributed by atoms with van der Waals surface area (Å²) in [5.74, 6) is -1.84. The maximum Gasteiger partial charge on any atom is 0.256 e. The molecule has 11 heteroatoms. The molecule has 0 radical (unpaired) electrons. The van der Waals surface area contributed by atoms with Crippen molar-refractivity contribution < 1.29 is 24.0 Å². The Bertz CT molecular complexity index is 1800. The summed E-state index contributed by atoms with van der Waals surface area (Å²) in [5, 5.41) is 12.2. The number of aromatic amines is 1. The van der Waals surface area contributed by atoms with Gasteiger partial charge in [-0.3, -0.25) is 24.0 Å². The maximum absolute atomic E-state index is 13.9. The molecule has 3 heterocycles. The van der Waals surface area contributed by atoms with Crippen molar-refractivity contribution in [2.24, 2.45) is 5.92 Å². The molecule has 2 bridgehead atoms. The second-order valence-corrected chi connectivity index (χ2v) is 13.3. The van der Waals surface area contributed by atoms with E-state index in [-0.39, 0.29) is 24.2 Å². The summed E-state index contributed by atoms with van der Waals surface area (Å²) >= 11 is 0. The first-order valence-electron chi connectivity index (χ1n) is 17.3. The highest BCUT2D eigenvalue weighted by Crippen LogP contribution is 2.21. The van der Waals surface area contributed by atoms with E-state index in [1.165, 1.54) is 0 Å². The minimum Gasteiger partial charge on any atom is -0.360 e. The number of para-hydroxylation sites is 1. The van der Waals surface area contributed by atoms with Crippen LogP contribution in [0.15, 0.2) is 85.1 Å². The smallest absolute Gasteiger partial charge is 0.256 e. The molecule has 262 valence electrons. The summed E-state index contributed by atoms with van der Waals surface area (Å²) in [6.45, 7) is 6.60. The predicted octanol–water partition coefficient (Wildman–Crippen LogP) is 4.10. The average Bonchev–Trinajstić information content (AvgIpc) is 3.54. The molecule has 4 aromatic rings. The van der Waals surface area contributed by atoms with Crippen LogP contribution in [-0.4, -0.2) is 70.6 Å². The highest BCUT2D eigenvalue weighted by molar-refractivity contribution is 6.06. The van der Waals surface area contributed by atoms with Crippen LogP contribution in [0.1, 0.15) is 71.9 Å². The third-order valence-electron chi connectivity index (χ3n) is 8.85. The Morgan fingerprint density at radius 3 is 2.24 bits per heavy atom. The van der Waals surface area contributed by atoms with Crippen LogP contribution in [0.2, 0.25) is 0 Å². The molecule has 6 rings (SSSR count). The van der Waals surface area contributed by atoms with E-state index in [1.54, 1.807) is 30.2 Å². The van der Waals surface area contributed by atoms with Gasteiger partial charge in [-0.2, -0.15) is 0 Å². The number of rotatable bonds is 5. The summed E-state index contributed by atoms with van der Waals surface area (Å²) in [7, 11) is 0. The number of H-pyrrole nitrogens is 1. The van der Waals surface area contributed by atoms with Crippen molar-refractivity contribution in [1.29, 1.82) is 0 Å². The van der Waals surface area contributed by atoms with Crippen molar-refractivity contribution in [3.05, 3.63) is 107 Å². The van der Waals surface area contributed by atoms with Crippen LogP contribution in [-0.2, 0) is 27.3 Å². The summed E-state index contributed by atoms with van der Waals surface area (Å²) < 4.78 is 0. The Morgan fingerprint density at radius 1 is 0.800 bits per heavy atom. The molecule has 3 atom stereocenters. The number of hydrogen-bond acceptors (Lipinski definition) is 5. The molecular weight excluding hydrogens is 632 g/mol. The lowest BCUT2D eigenvalue weighted by Gasteiger charge is -2.25. The SMILES string of the molecule is CC(C)C[C@@H]1NC(=O)[C@@H](Cc2ccccc2)NC(=O)c2ccc(cc2)CN(C(=O)c2c[nH]c3ccccc23)CCCCNC(=O)[C@@H](C)NC1=O. The molecule has 5 N–H and O–H groups in total. The number of nitrogens with zero attached hydrogens (tertiary/aromatic N) is 1. The summed E-state index contributed by atoms with van der Waals surface area (Å²) in [6, 6.07) is 21.2. The number of carbonyl (C=O) groups excluding carboxylic acids is 5. The number of amides is 5. The Kier molecular flexibility index (Phi) is 12.0. The fourth-order valence-corrected chi connectivity index (χ4v) is 6.10. The molecule has 2 aliphatic rings. The monoisotopic (exact) mass is 678 g/mol. The molecular formula is C39H46N6O5. The van der Waals surface area contributed by atoms with Gasteiger partial charge in [0, 0.05) is 48.7 Å². The Hall–Kier alpha value is -5.45. The van der Waals surface area contributed by atoms with Crippen molar-refractivity contribution in [3.63, 3.8) is 0 Å². The highest BCUT2D eigenvalue weighted by atomic mass is 16.2. The molecule has 3 aromatic carbocycles. The van der Waals surface area contributed by atoms with Crippen molar-refractivity contribution in [3.8, 4) is 0 Å². The minimum absolute atomic E-state index is 0.0627. The van der Waals surface area contributed by atoms with Crippen LogP contribution < -0.4 is 21.3 Å². The van der Waals surface area contributed by atoms with Crippen LogP contribution in [0, 0.1) is 5.92 Å². The zero-order valence-electron chi connectivity index (χ0n) is 28.8. The highest BCUT2D eigenvalue weighted by Gasteiger charge is 2.30. The third kappa shape index (κ3) is 9.37. The third-order valence-corrected chi connectivity index (χ3v) is 8.85. The molecule has 2 aliphatic heterocycles. The summed E-state index contributed by atoms with van der Waals surface area (Å²) in [4.78, 5) is 72.5. The molecule has 0 saturated heterocycles. The van der Waals surface area contributed by atoms with Gasteiger partial charge in [-0.15, -0.1) is 0 Å². The lowest BCUT2D eigenvalue weighted by Crippen LogP contribution is -2.57. The fraction of sp³-hybridized carbons (Fsp3) is 0.359. The van der Waals surface area contributed by atoms with Gasteiger partial charge in [0.1, 0.15) is 18.1 Å². The van der Waals surface area contributed by atoms with Crippen molar-refractivity contribution >= 4 is 40.4 Å². The van der Waals surface area contributed by atoms with Crippen molar-refractivity contribution in [2.75, 3.05) is 13.1 Å². The number of hydrogen-bond donors (Lipinski definition) is 5. The molecule has 1 aromatic heterocycles. The van der Waals surface area contributed by atoms with E-state index in [0.29, 0.717) is 50.0 Å². The zero-order valence-corrected chi connectivity index (χ0v) is 28.8. The van der Waals surface area contributed by atoms with Gasteiger partial charge < -0.3 is 31.2 Å². The quantitative estimate of drug-likeness (QED) is 0.201. The Balaban J connectivity index is 1.42. The topological polar surface area (TPSA) is 152 Å². The van der Waals surface area contributed by atoms with Gasteiger partial charge in [0.15, 0.2) is 0 Å². The van der Waals surface area contributed by atoms with Gasteiger partial charge in [0.05, 0.1) is 5.56 Å². The number of nitrogens with one attached hydrogen (secondary N) is 5. The fourth-order valence-electron chi connectivity index (χ4n) is 6.10. The first kappa shape index (κ1) is 35.8. The Morgan fingerprint density at radius 2 is 1.50 bits per heavy atom. The van der Waals surface area contributed by atoms with Gasteiger partial charge in [-0.05, 0) is 61.4 Å². The van der Waals surface area contributed by atoms with E-state index in [2.05, 4.69) is 26.3 Å². The van der Waals surface area contributed by atoms with Crippen molar-refractivity contribution in [2.45, 2.75) is 71.1 Å². The van der Waals surface area contributed by atoms with E-state index in [1.807, 2.05) is 80.6 Å². The van der Waals surface area contributed by atoms with Crippen LogP contribution in [0.5, 0.6) is 0 Å². The standard InChI is InChI=1S/C39H46N6O5/c1-25(2)21-33-37(48)42-26(3)35(46)40-19-9-10-20-45(39(50)31-23-41-32-14-8-7-13-30(31)32)24-28-15-17-29(18-16-28)36(47)43-34(38(49)44-33)22-27-11-5-4-6-12-27/h4-8,11-18,23,25-26,33-34,41H,9-10,19-22,24H2,1-3H3,(H,40,46)(H,42,48)(H,43,47)(H,44,49)/t26-,33+,34-/m1/s1. The molecule has 50 heavy (non-hydrogen) atoms. The molecule has 11 nitrogen and oxygen atoms in total. The average molecular weight is 679 g/mol. The number of aromatic nitrogens is 1. The predicted molar refractivity (Wildman–Crippen MR) is 192 cm³/mol. The van der Waals surface area contributed by atoms with Crippen LogP contribution in [0.25, 0.3) is 10.9 Å². The van der Waals surface area contributed by atoms with Crippen molar-refractivity contribution in [1.82, 2.24) is 31.2 Å². The molecule has 0 saturated carbocycles. The largest absolute Gasteiger partial charge is 0.360 e. The van der Waals surface area contributed by atoms with E-state index >= 15 is 0 Å². The second-order valence-electron chi connectivity index (χ2n) is 13.3. The normalized spacial score (nSPS) is 20.1. The van der Waals surface area contributed by atoms with Crippen LogP contribution in [0.3, 0.4) is 0 Å². The van der Waals surface area contributed by atoms with Gasteiger partial charge in [-0.1, -0.05) is 74.5 Å². The van der Waals surface area contributed by atoms with Gasteiger partial charge in [0.25, 0.3) is 11.8 Å². The van der Waals surface area contributed by atoms with E-state index < -0.39 is 35.8 Å². The molecule has 0 aliphatic carbocycles. The van der Waals surface area contributed by atoms with Crippen LogP contribution in [0.4, 0.5) is 0 Å². The number of benzene rings is 3. The molecule has 0 fully saturated rings. The summed E-state index contributed by atoms with van der Waals surface area (Å²) in [6.07, 6.45) is 3.51. The first-order chi connectivity index (χ1) is 24.1. The van der Waals surface area contributed by atoms with E-state index in [9.17, 15) is 24.0 Å². The van der Waals surface area contributed by atoms with Gasteiger partial charge in [0.2, 0.25) is 17.7 Å². The maximum atomic E-state index is 13.9. The first-order valence-corrected chi connectivity index (χ1v) is 17.3. The molecule has 5 amide bonds. The molecule has 0 unspecified atom stereocenters. The van der Waals surface area contributed by atoms with Gasteiger partial charge >= 0.3 is 0 Å². The minimum atomic E-state index is -0.980. The number of carbonyl (C=O) groups is 5. The van der Waals surface area contributed by atoms with E-state index in [0.717, 1.165) is 22.0 Å². The van der Waals surface area contributed by atoms with Gasteiger partial charge in [-0.25, -0.2) is 0 Å². The summed E-state index contributed by atoms with van der Waals surface area (Å²) in [5.41, 5.74) is 3.47. The zero-order chi connectivity index (χ0) is 35.6. The second kappa shape index (κ2) is 16.8. The lowest BCUT2D eigenvalue weighted by atomic mass is 10.0.